The zero-order valence-corrected chi connectivity index (χ0v) is 19.7. The number of anilines is 1. The maximum atomic E-state index is 12.6. The number of nitrogens with one attached hydrogen (secondary N) is 2. The van der Waals surface area contributed by atoms with E-state index in [9.17, 15) is 18.0 Å². The van der Waals surface area contributed by atoms with Crippen molar-refractivity contribution in [3.05, 3.63) is 78.6 Å². The van der Waals surface area contributed by atoms with Gasteiger partial charge in [-0.2, -0.15) is 13.2 Å². The van der Waals surface area contributed by atoms with Crippen LogP contribution in [0.5, 0.6) is 11.5 Å². The molecule has 0 spiro atoms. The first-order valence-electron chi connectivity index (χ1n) is 10.6. The highest BCUT2D eigenvalue weighted by Gasteiger charge is 2.30. The second kappa shape index (κ2) is 12.0. The van der Waals surface area contributed by atoms with Gasteiger partial charge in [-0.15, -0.1) is 5.10 Å². The number of H-pyrrole nitrogens is 1. The van der Waals surface area contributed by atoms with Gasteiger partial charge < -0.3 is 10.1 Å². The summed E-state index contributed by atoms with van der Waals surface area (Å²) in [6.07, 6.45) is -1.08. The highest BCUT2D eigenvalue weighted by molar-refractivity contribution is 7.99. The molecule has 0 atom stereocenters. The van der Waals surface area contributed by atoms with Crippen LogP contribution in [-0.2, 0) is 11.0 Å². The third-order valence-electron chi connectivity index (χ3n) is 4.29. The summed E-state index contributed by atoms with van der Waals surface area (Å²) < 4.78 is 43.4. The van der Waals surface area contributed by atoms with Crippen molar-refractivity contribution in [3.8, 4) is 22.9 Å². The minimum absolute atomic E-state index is 0.105. The number of aromatic amines is 1. The Morgan fingerprint density at radius 1 is 1.03 bits per heavy atom. The number of nitrogens with zero attached hydrogens (tertiary/aromatic N) is 3. The lowest BCUT2D eigenvalue weighted by Crippen LogP contribution is -2.14. The van der Waals surface area contributed by atoms with Crippen LogP contribution in [-0.4, -0.2) is 31.8 Å². The first kappa shape index (κ1) is 25.8. The molecule has 0 fully saturated rings. The van der Waals surface area contributed by atoms with Crippen molar-refractivity contribution in [2.45, 2.75) is 25.2 Å². The van der Waals surface area contributed by atoms with Crippen LogP contribution >= 0.6 is 11.8 Å². The first-order chi connectivity index (χ1) is 16.9. The molecule has 0 saturated heterocycles. The minimum Gasteiger partial charge on any atom is -0.457 e. The van der Waals surface area contributed by atoms with Crippen molar-refractivity contribution >= 4 is 23.4 Å². The maximum absolute atomic E-state index is 12.6. The van der Waals surface area contributed by atoms with Gasteiger partial charge in [-0.1, -0.05) is 25.6 Å². The Morgan fingerprint density at radius 2 is 1.69 bits per heavy atom. The average Bonchev–Trinajstić information content (AvgIpc) is 3.35. The van der Waals surface area contributed by atoms with Gasteiger partial charge in [0.2, 0.25) is 11.1 Å². The van der Waals surface area contributed by atoms with E-state index in [1.807, 2.05) is 19.9 Å². The fraction of sp³-hybridized carbons (Fsp3) is 0.167. The Labute approximate surface area is 204 Å². The van der Waals surface area contributed by atoms with Gasteiger partial charge in [0.05, 0.1) is 11.3 Å². The van der Waals surface area contributed by atoms with E-state index in [2.05, 4.69) is 25.5 Å². The Hall–Kier alpha value is -3.86. The Bertz CT molecular complexity index is 1210. The second-order valence-electron chi connectivity index (χ2n) is 6.69. The van der Waals surface area contributed by atoms with Crippen LogP contribution in [0.1, 0.15) is 19.4 Å². The number of rotatable bonds is 7. The SMILES string of the molecule is CC.O=C(CSc1n[nH]c(-c2cccnc2)n1)Nc1ccc(Oc2ccc(C(F)(F)F)cc2)cc1. The van der Waals surface area contributed by atoms with E-state index in [1.165, 1.54) is 23.9 Å². The molecule has 0 radical (unpaired) electrons. The summed E-state index contributed by atoms with van der Waals surface area (Å²) in [7, 11) is 0. The Kier molecular flexibility index (Phi) is 8.85. The summed E-state index contributed by atoms with van der Waals surface area (Å²) in [5, 5.41) is 10.1. The van der Waals surface area contributed by atoms with Crippen molar-refractivity contribution in [2.75, 3.05) is 11.1 Å². The van der Waals surface area contributed by atoms with Gasteiger partial charge in [0.1, 0.15) is 11.5 Å². The number of alkyl halides is 3. The number of hydrogen-bond donors (Lipinski definition) is 2. The number of aromatic nitrogens is 4. The maximum Gasteiger partial charge on any atom is 0.416 e. The van der Waals surface area contributed by atoms with Crippen LogP contribution in [0.15, 0.2) is 78.2 Å². The van der Waals surface area contributed by atoms with Gasteiger partial charge >= 0.3 is 6.18 Å². The molecular formula is C24H22F3N5O2S. The summed E-state index contributed by atoms with van der Waals surface area (Å²) in [4.78, 5) is 20.6. The molecule has 2 aromatic heterocycles. The smallest absolute Gasteiger partial charge is 0.416 e. The molecule has 2 aromatic carbocycles. The summed E-state index contributed by atoms with van der Waals surface area (Å²) in [6.45, 7) is 4.00. The van der Waals surface area contributed by atoms with Crippen LogP contribution in [0.25, 0.3) is 11.4 Å². The van der Waals surface area contributed by atoms with Gasteiger partial charge in [0, 0.05) is 23.6 Å². The van der Waals surface area contributed by atoms with E-state index in [0.29, 0.717) is 22.4 Å². The summed E-state index contributed by atoms with van der Waals surface area (Å²) >= 11 is 1.18. The van der Waals surface area contributed by atoms with Crippen molar-refractivity contribution in [2.24, 2.45) is 0 Å². The summed E-state index contributed by atoms with van der Waals surface area (Å²) in [5.41, 5.74) is 0.593. The topological polar surface area (TPSA) is 92.8 Å². The fourth-order valence-corrected chi connectivity index (χ4v) is 3.32. The Balaban J connectivity index is 0.00000167. The summed E-state index contributed by atoms with van der Waals surface area (Å²) in [6, 6.07) is 14.5. The molecule has 1 amide bonds. The first-order valence-corrected chi connectivity index (χ1v) is 11.6. The van der Waals surface area contributed by atoms with Gasteiger partial charge in [0.25, 0.3) is 0 Å². The molecule has 4 aromatic rings. The molecule has 2 heterocycles. The Morgan fingerprint density at radius 3 is 2.29 bits per heavy atom. The van der Waals surface area contributed by atoms with E-state index in [4.69, 9.17) is 4.74 Å². The molecule has 0 aliphatic heterocycles. The molecule has 4 rings (SSSR count). The monoisotopic (exact) mass is 501 g/mol. The van der Waals surface area contributed by atoms with Crippen molar-refractivity contribution in [3.63, 3.8) is 0 Å². The van der Waals surface area contributed by atoms with Crippen molar-refractivity contribution < 1.29 is 22.7 Å². The number of hydrogen-bond acceptors (Lipinski definition) is 6. The second-order valence-corrected chi connectivity index (χ2v) is 7.64. The van der Waals surface area contributed by atoms with Crippen molar-refractivity contribution in [1.29, 1.82) is 0 Å². The normalized spacial score (nSPS) is 10.8. The lowest BCUT2D eigenvalue weighted by atomic mass is 10.2. The van der Waals surface area contributed by atoms with Crippen molar-refractivity contribution in [1.82, 2.24) is 20.2 Å². The third kappa shape index (κ3) is 7.57. The van der Waals surface area contributed by atoms with Gasteiger partial charge in [0.15, 0.2) is 5.82 Å². The molecular weight excluding hydrogens is 479 g/mol. The predicted molar refractivity (Wildman–Crippen MR) is 128 cm³/mol. The molecule has 0 aliphatic carbocycles. The van der Waals surface area contributed by atoms with Crippen LogP contribution < -0.4 is 10.1 Å². The average molecular weight is 502 g/mol. The molecule has 0 aliphatic rings. The van der Waals surface area contributed by atoms with E-state index in [1.54, 1.807) is 42.7 Å². The number of carbonyl (C=O) groups is 1. The lowest BCUT2D eigenvalue weighted by molar-refractivity contribution is -0.137. The number of halogens is 3. The molecule has 11 heteroatoms. The highest BCUT2D eigenvalue weighted by atomic mass is 32.2. The number of carbonyl (C=O) groups excluding carboxylic acids is 1. The van der Waals surface area contributed by atoms with Gasteiger partial charge in [-0.05, 0) is 60.7 Å². The molecule has 182 valence electrons. The number of ether oxygens (including phenoxy) is 1. The molecule has 35 heavy (non-hydrogen) atoms. The van der Waals surface area contributed by atoms with Crippen LogP contribution in [0, 0.1) is 0 Å². The fourth-order valence-electron chi connectivity index (χ4n) is 2.72. The van der Waals surface area contributed by atoms with Crippen LogP contribution in [0.3, 0.4) is 0 Å². The molecule has 2 N–H and O–H groups in total. The van der Waals surface area contributed by atoms with Gasteiger partial charge in [-0.25, -0.2) is 4.98 Å². The van der Waals surface area contributed by atoms with E-state index in [0.717, 1.165) is 17.7 Å². The molecule has 0 unspecified atom stereocenters. The number of amides is 1. The quantitative estimate of drug-likeness (QED) is 0.283. The number of benzene rings is 2. The van der Waals surface area contributed by atoms with Crippen LogP contribution in [0.4, 0.5) is 18.9 Å². The zero-order chi connectivity index (χ0) is 25.3. The third-order valence-corrected chi connectivity index (χ3v) is 5.13. The number of thioether (sulfide) groups is 1. The van der Waals surface area contributed by atoms with Gasteiger partial charge in [-0.3, -0.25) is 14.9 Å². The highest BCUT2D eigenvalue weighted by Crippen LogP contribution is 2.31. The standard InChI is InChI=1S/C22H16F3N5O2S.C2H6/c23-22(24,25)15-3-7-17(8-4-15)32-18-9-5-16(6-10-18)27-19(31)13-33-21-28-20(29-30-21)14-2-1-11-26-12-14;1-2/h1-12H,13H2,(H,27,31)(H,28,29,30);1-2H3. The van der Waals surface area contributed by atoms with E-state index in [-0.39, 0.29) is 17.4 Å². The number of pyridine rings is 1. The summed E-state index contributed by atoms with van der Waals surface area (Å²) in [5.74, 6) is 1.12. The molecule has 0 bridgehead atoms. The zero-order valence-electron chi connectivity index (χ0n) is 18.8. The minimum atomic E-state index is -4.40. The van der Waals surface area contributed by atoms with E-state index >= 15 is 0 Å². The molecule has 0 saturated carbocycles. The lowest BCUT2D eigenvalue weighted by Gasteiger charge is -2.10. The molecule has 7 nitrogen and oxygen atoms in total. The largest absolute Gasteiger partial charge is 0.457 e. The predicted octanol–water partition coefficient (Wildman–Crippen LogP) is 6.43. The van der Waals surface area contributed by atoms with E-state index < -0.39 is 11.7 Å². The van der Waals surface area contributed by atoms with Crippen LogP contribution in [0.2, 0.25) is 0 Å².